The lowest BCUT2D eigenvalue weighted by atomic mass is 10.0. The molecule has 6 heteroatoms. The topological polar surface area (TPSA) is 54.4 Å². The molecule has 0 aliphatic carbocycles. The van der Waals surface area contributed by atoms with E-state index in [0.717, 1.165) is 68.6 Å². The van der Waals surface area contributed by atoms with Gasteiger partial charge in [0, 0.05) is 45.7 Å². The van der Waals surface area contributed by atoms with Crippen LogP contribution in [0.5, 0.6) is 17.2 Å². The second-order valence-corrected chi connectivity index (χ2v) is 7.75. The molecule has 0 radical (unpaired) electrons. The molecule has 6 nitrogen and oxygen atoms in total. The third kappa shape index (κ3) is 3.68. The lowest BCUT2D eigenvalue weighted by Crippen LogP contribution is -2.47. The quantitative estimate of drug-likeness (QED) is 0.856. The van der Waals surface area contributed by atoms with Crippen LogP contribution in [0.4, 0.5) is 0 Å². The first-order valence-corrected chi connectivity index (χ1v) is 10.0. The largest absolute Gasteiger partial charge is 0.493 e. The fraction of sp³-hybridized carbons (Fsp3) is 0.455. The van der Waals surface area contributed by atoms with E-state index in [1.54, 1.807) is 0 Å². The predicted molar refractivity (Wildman–Crippen MR) is 105 cm³/mol. The summed E-state index contributed by atoms with van der Waals surface area (Å²) >= 11 is 0. The van der Waals surface area contributed by atoms with Gasteiger partial charge in [0.15, 0.2) is 11.5 Å². The smallest absolute Gasteiger partial charge is 0.231 e. The van der Waals surface area contributed by atoms with Gasteiger partial charge >= 0.3 is 0 Å². The van der Waals surface area contributed by atoms with E-state index in [1.165, 1.54) is 11.1 Å². The number of benzene rings is 2. The van der Waals surface area contributed by atoms with Crippen molar-refractivity contribution >= 4 is 0 Å². The van der Waals surface area contributed by atoms with Gasteiger partial charge in [-0.15, -0.1) is 0 Å². The maximum atomic E-state index is 10.7. The summed E-state index contributed by atoms with van der Waals surface area (Å²) < 4.78 is 16.4. The number of nitrogens with zero attached hydrogens (tertiary/aromatic N) is 2. The molecule has 3 aliphatic rings. The number of aliphatic hydroxyl groups is 1. The highest BCUT2D eigenvalue weighted by molar-refractivity contribution is 5.44. The second kappa shape index (κ2) is 7.62. The van der Waals surface area contributed by atoms with E-state index in [9.17, 15) is 5.11 Å². The Bertz CT molecular complexity index is 848. The molecule has 0 aromatic heterocycles. The maximum absolute atomic E-state index is 10.7. The Morgan fingerprint density at radius 1 is 0.857 bits per heavy atom. The molecule has 0 amide bonds. The van der Waals surface area contributed by atoms with Gasteiger partial charge in [0.2, 0.25) is 6.79 Å². The predicted octanol–water partition coefficient (Wildman–Crippen LogP) is 2.20. The van der Waals surface area contributed by atoms with Crippen LogP contribution < -0.4 is 14.2 Å². The third-order valence-corrected chi connectivity index (χ3v) is 5.84. The fourth-order valence-corrected chi connectivity index (χ4v) is 4.19. The van der Waals surface area contributed by atoms with Crippen LogP contribution in [0.25, 0.3) is 0 Å². The molecule has 1 N–H and O–H groups in total. The Morgan fingerprint density at radius 2 is 1.64 bits per heavy atom. The van der Waals surface area contributed by atoms with Crippen molar-refractivity contribution in [1.29, 1.82) is 0 Å². The molecular formula is C22H26N2O4. The highest BCUT2D eigenvalue weighted by Crippen LogP contribution is 2.33. The molecule has 3 aliphatic heterocycles. The van der Waals surface area contributed by atoms with E-state index >= 15 is 0 Å². The van der Waals surface area contributed by atoms with E-state index in [2.05, 4.69) is 28.0 Å². The Labute approximate surface area is 165 Å². The van der Waals surface area contributed by atoms with E-state index in [4.69, 9.17) is 14.2 Å². The summed E-state index contributed by atoms with van der Waals surface area (Å²) in [6.07, 6.45) is 0.486. The van der Waals surface area contributed by atoms with Crippen LogP contribution in [-0.2, 0) is 13.0 Å². The first-order valence-electron chi connectivity index (χ1n) is 10.0. The molecule has 148 valence electrons. The van der Waals surface area contributed by atoms with Gasteiger partial charge in [0.05, 0.1) is 12.7 Å². The highest BCUT2D eigenvalue weighted by Gasteiger charge is 2.22. The molecule has 28 heavy (non-hydrogen) atoms. The molecule has 5 rings (SSSR count). The minimum Gasteiger partial charge on any atom is -0.493 e. The third-order valence-electron chi connectivity index (χ3n) is 5.84. The Morgan fingerprint density at radius 3 is 2.54 bits per heavy atom. The van der Waals surface area contributed by atoms with Gasteiger partial charge in [0.25, 0.3) is 0 Å². The summed E-state index contributed by atoms with van der Waals surface area (Å²) in [6, 6.07) is 12.3. The molecule has 1 atom stereocenters. The van der Waals surface area contributed by atoms with Crippen molar-refractivity contribution in [3.63, 3.8) is 0 Å². The minimum atomic E-state index is -0.452. The van der Waals surface area contributed by atoms with Gasteiger partial charge in [-0.1, -0.05) is 12.1 Å². The zero-order valence-electron chi connectivity index (χ0n) is 16.0. The Kier molecular flexibility index (Phi) is 4.84. The van der Waals surface area contributed by atoms with Gasteiger partial charge in [-0.25, -0.2) is 0 Å². The average Bonchev–Trinajstić information content (AvgIpc) is 3.37. The molecule has 1 fully saturated rings. The number of ether oxygens (including phenoxy) is 3. The monoisotopic (exact) mass is 382 g/mol. The van der Waals surface area contributed by atoms with Crippen molar-refractivity contribution in [3.05, 3.63) is 53.1 Å². The van der Waals surface area contributed by atoms with Crippen molar-refractivity contribution < 1.29 is 19.3 Å². The summed E-state index contributed by atoms with van der Waals surface area (Å²) in [6.45, 7) is 6.59. The zero-order chi connectivity index (χ0) is 18.9. The molecule has 2 aromatic carbocycles. The highest BCUT2D eigenvalue weighted by atomic mass is 16.7. The molecule has 0 spiro atoms. The SMILES string of the molecule is O[C@@H](CN1CCN(Cc2ccc3c(c2)OCO3)CC1)c1ccc2c(c1)CCO2. The molecule has 0 unspecified atom stereocenters. The van der Waals surface area contributed by atoms with Crippen LogP contribution in [0.15, 0.2) is 36.4 Å². The second-order valence-electron chi connectivity index (χ2n) is 7.75. The first kappa shape index (κ1) is 17.8. The van der Waals surface area contributed by atoms with Gasteiger partial charge < -0.3 is 19.3 Å². The van der Waals surface area contributed by atoms with Crippen molar-refractivity contribution in [2.45, 2.75) is 19.1 Å². The normalized spacial score (nSPS) is 20.0. The number of aliphatic hydroxyl groups excluding tert-OH is 1. The van der Waals surface area contributed by atoms with E-state index in [-0.39, 0.29) is 0 Å². The molecular weight excluding hydrogens is 356 g/mol. The van der Waals surface area contributed by atoms with E-state index in [1.807, 2.05) is 18.2 Å². The summed E-state index contributed by atoms with van der Waals surface area (Å²) in [5.41, 5.74) is 3.45. The summed E-state index contributed by atoms with van der Waals surface area (Å²) in [4.78, 5) is 4.80. The van der Waals surface area contributed by atoms with Crippen LogP contribution in [0, 0.1) is 0 Å². The van der Waals surface area contributed by atoms with Gasteiger partial charge in [0.1, 0.15) is 5.75 Å². The molecule has 0 bridgehead atoms. The zero-order valence-corrected chi connectivity index (χ0v) is 16.0. The van der Waals surface area contributed by atoms with E-state index in [0.29, 0.717) is 13.3 Å². The van der Waals surface area contributed by atoms with Crippen molar-refractivity contribution in [2.75, 3.05) is 46.1 Å². The number of hydrogen-bond donors (Lipinski definition) is 1. The van der Waals surface area contributed by atoms with Crippen LogP contribution in [0.3, 0.4) is 0 Å². The molecule has 1 saturated heterocycles. The Balaban J connectivity index is 1.13. The first-order chi connectivity index (χ1) is 13.7. The summed E-state index contributed by atoms with van der Waals surface area (Å²) in [5, 5.41) is 10.7. The summed E-state index contributed by atoms with van der Waals surface area (Å²) in [7, 11) is 0. The number of hydrogen-bond acceptors (Lipinski definition) is 6. The fourth-order valence-electron chi connectivity index (χ4n) is 4.19. The van der Waals surface area contributed by atoms with Crippen LogP contribution >= 0.6 is 0 Å². The summed E-state index contributed by atoms with van der Waals surface area (Å²) in [5.74, 6) is 2.65. The minimum absolute atomic E-state index is 0.316. The molecule has 3 heterocycles. The Hall–Kier alpha value is -2.28. The standard InChI is InChI=1S/C22H26N2O4/c25-19(17-2-4-20-18(12-17)5-10-26-20)14-24-8-6-23(7-9-24)13-16-1-3-21-22(11-16)28-15-27-21/h1-4,11-12,19,25H,5-10,13-15H2/t19-/m0/s1. The lowest BCUT2D eigenvalue weighted by Gasteiger charge is -2.35. The number of piperazine rings is 1. The van der Waals surface area contributed by atoms with E-state index < -0.39 is 6.10 Å². The van der Waals surface area contributed by atoms with Crippen LogP contribution in [0.1, 0.15) is 22.8 Å². The maximum Gasteiger partial charge on any atom is 0.231 e. The van der Waals surface area contributed by atoms with Crippen molar-refractivity contribution in [2.24, 2.45) is 0 Å². The number of rotatable bonds is 5. The van der Waals surface area contributed by atoms with Gasteiger partial charge in [-0.2, -0.15) is 0 Å². The molecule has 2 aromatic rings. The van der Waals surface area contributed by atoms with Crippen molar-refractivity contribution in [3.8, 4) is 17.2 Å². The lowest BCUT2D eigenvalue weighted by molar-refractivity contribution is 0.0700. The van der Waals surface area contributed by atoms with Crippen molar-refractivity contribution in [1.82, 2.24) is 9.80 Å². The van der Waals surface area contributed by atoms with Crippen LogP contribution in [0.2, 0.25) is 0 Å². The molecule has 0 saturated carbocycles. The van der Waals surface area contributed by atoms with Gasteiger partial charge in [-0.3, -0.25) is 9.80 Å². The van der Waals surface area contributed by atoms with Crippen LogP contribution in [-0.4, -0.2) is 61.0 Å². The van der Waals surface area contributed by atoms with Gasteiger partial charge in [-0.05, 0) is 41.0 Å². The number of fused-ring (bicyclic) bond motifs is 2. The average molecular weight is 382 g/mol. The number of β-amino-alcohol motifs (C(OH)–C–C–N with tert-alkyl or cyclic N) is 1.